The van der Waals surface area contributed by atoms with Gasteiger partial charge in [0.15, 0.2) is 8.32 Å². The van der Waals surface area contributed by atoms with Crippen LogP contribution in [0.3, 0.4) is 0 Å². The van der Waals surface area contributed by atoms with E-state index in [4.69, 9.17) is 14.9 Å². The highest BCUT2D eigenvalue weighted by Gasteiger charge is 2.58. The van der Waals surface area contributed by atoms with Crippen LogP contribution in [0.4, 0.5) is 5.82 Å². The van der Waals surface area contributed by atoms with Gasteiger partial charge in [-0.3, -0.25) is 4.57 Å². The number of aliphatic hydroxyl groups excluding tert-OH is 1. The zero-order valence-corrected chi connectivity index (χ0v) is 17.2. The van der Waals surface area contributed by atoms with E-state index in [0.717, 1.165) is 0 Å². The highest BCUT2D eigenvalue weighted by atomic mass is 28.4. The fraction of sp³-hybridized carbons (Fsp3) is 0.706. The van der Waals surface area contributed by atoms with E-state index < -0.39 is 38.5 Å². The molecule has 0 radical (unpaired) electrons. The number of anilines is 1. The minimum Gasteiger partial charge on any atom is -0.409 e. The minimum atomic E-state index is -2.25. The standard InChI is InChI=1S/C17H28N4O4Si/c1-11-13(25-26(5,6)16(2,3)4)17(9-18,10-22)24-14(11)21-8-7-12(19)20-15(21)23/h7-8,11,13-14,22H,10H2,1-6H3,(H2,19,20,23)/t11-,13-,14+,17+/m0/s1. The van der Waals surface area contributed by atoms with Crippen molar-refractivity contribution >= 4 is 14.1 Å². The molecule has 0 unspecified atom stereocenters. The monoisotopic (exact) mass is 380 g/mol. The number of aliphatic hydroxyl groups is 1. The Morgan fingerprint density at radius 2 is 2.15 bits per heavy atom. The van der Waals surface area contributed by atoms with Crippen LogP contribution in [-0.2, 0) is 9.16 Å². The first-order valence-electron chi connectivity index (χ1n) is 8.61. The maximum absolute atomic E-state index is 12.2. The Morgan fingerprint density at radius 3 is 2.62 bits per heavy atom. The lowest BCUT2D eigenvalue weighted by atomic mass is 9.92. The fourth-order valence-electron chi connectivity index (χ4n) is 2.84. The summed E-state index contributed by atoms with van der Waals surface area (Å²) in [6.45, 7) is 11.8. The van der Waals surface area contributed by atoms with Crippen molar-refractivity contribution in [2.24, 2.45) is 5.92 Å². The van der Waals surface area contributed by atoms with Crippen LogP contribution in [0.2, 0.25) is 18.1 Å². The normalized spacial score (nSPS) is 29.5. The maximum Gasteiger partial charge on any atom is 0.351 e. The van der Waals surface area contributed by atoms with Crippen molar-refractivity contribution in [3.05, 3.63) is 22.7 Å². The predicted octanol–water partition coefficient (Wildman–Crippen LogP) is 1.64. The second-order valence-corrected chi connectivity index (χ2v) is 13.1. The number of nitrogens with two attached hydrogens (primary N) is 1. The van der Waals surface area contributed by atoms with Crippen molar-refractivity contribution in [3.63, 3.8) is 0 Å². The van der Waals surface area contributed by atoms with E-state index in [0.29, 0.717) is 0 Å². The molecular formula is C17H28N4O4Si. The molecule has 0 aliphatic carbocycles. The molecule has 0 saturated carbocycles. The van der Waals surface area contributed by atoms with Crippen molar-refractivity contribution in [3.8, 4) is 6.07 Å². The second-order valence-electron chi connectivity index (χ2n) is 8.37. The summed E-state index contributed by atoms with van der Waals surface area (Å²) in [4.78, 5) is 15.9. The summed E-state index contributed by atoms with van der Waals surface area (Å²) in [5.41, 5.74) is 3.44. The van der Waals surface area contributed by atoms with Crippen molar-refractivity contribution in [1.29, 1.82) is 5.26 Å². The maximum atomic E-state index is 12.2. The molecule has 26 heavy (non-hydrogen) atoms. The van der Waals surface area contributed by atoms with Gasteiger partial charge < -0.3 is 20.0 Å². The van der Waals surface area contributed by atoms with Crippen LogP contribution in [0.25, 0.3) is 0 Å². The van der Waals surface area contributed by atoms with E-state index in [-0.39, 0.29) is 16.8 Å². The Morgan fingerprint density at radius 1 is 1.54 bits per heavy atom. The molecule has 0 bridgehead atoms. The van der Waals surface area contributed by atoms with Crippen molar-refractivity contribution in [2.45, 2.75) is 63.8 Å². The van der Waals surface area contributed by atoms with E-state index in [9.17, 15) is 15.2 Å². The number of nitriles is 1. The number of nitrogens with zero attached hydrogens (tertiary/aromatic N) is 3. The van der Waals surface area contributed by atoms with Crippen LogP contribution >= 0.6 is 0 Å². The molecule has 144 valence electrons. The average Bonchev–Trinajstić information content (AvgIpc) is 2.80. The first-order valence-corrected chi connectivity index (χ1v) is 11.5. The van der Waals surface area contributed by atoms with Gasteiger partial charge in [-0.2, -0.15) is 10.2 Å². The molecule has 2 rings (SSSR count). The quantitative estimate of drug-likeness (QED) is 0.761. The predicted molar refractivity (Wildman–Crippen MR) is 99.7 cm³/mol. The third kappa shape index (κ3) is 3.42. The lowest BCUT2D eigenvalue weighted by molar-refractivity contribution is -0.0909. The van der Waals surface area contributed by atoms with Gasteiger partial charge in [0.1, 0.15) is 18.1 Å². The Hall–Kier alpha value is -1.73. The summed E-state index contributed by atoms with van der Waals surface area (Å²) < 4.78 is 13.7. The molecule has 1 aliphatic heterocycles. The Kier molecular flexibility index (Phi) is 5.36. The van der Waals surface area contributed by atoms with E-state index >= 15 is 0 Å². The molecule has 1 aliphatic rings. The SMILES string of the molecule is C[C@@H]1[C@H](n2ccc(N)nc2=O)O[C@](C#N)(CO)[C@H]1O[Si](C)(C)C(C)(C)C. The number of aromatic nitrogens is 2. The third-order valence-electron chi connectivity index (χ3n) is 5.50. The Balaban J connectivity index is 2.47. The molecule has 0 spiro atoms. The molecule has 2 heterocycles. The van der Waals surface area contributed by atoms with Gasteiger partial charge in [0.2, 0.25) is 5.60 Å². The van der Waals surface area contributed by atoms with Crippen LogP contribution in [0.15, 0.2) is 17.1 Å². The minimum absolute atomic E-state index is 0.0823. The molecule has 3 N–H and O–H groups in total. The van der Waals surface area contributed by atoms with Gasteiger partial charge in [0, 0.05) is 12.1 Å². The van der Waals surface area contributed by atoms with E-state index in [1.54, 1.807) is 0 Å². The Bertz CT molecular complexity index is 767. The van der Waals surface area contributed by atoms with Crippen LogP contribution in [0.1, 0.15) is 33.9 Å². The van der Waals surface area contributed by atoms with Crippen LogP contribution in [0, 0.1) is 17.2 Å². The highest BCUT2D eigenvalue weighted by molar-refractivity contribution is 6.74. The zero-order valence-electron chi connectivity index (χ0n) is 16.2. The first kappa shape index (κ1) is 20.6. The number of ether oxygens (including phenoxy) is 1. The molecule has 1 fully saturated rings. The molecule has 9 heteroatoms. The van der Waals surface area contributed by atoms with Crippen LogP contribution in [0.5, 0.6) is 0 Å². The van der Waals surface area contributed by atoms with Gasteiger partial charge in [0.25, 0.3) is 0 Å². The highest BCUT2D eigenvalue weighted by Crippen LogP contribution is 2.46. The van der Waals surface area contributed by atoms with Gasteiger partial charge in [-0.25, -0.2) is 4.79 Å². The summed E-state index contributed by atoms with van der Waals surface area (Å²) in [5.74, 6) is -0.237. The second kappa shape index (κ2) is 6.77. The average molecular weight is 381 g/mol. The number of hydrogen-bond donors (Lipinski definition) is 2. The largest absolute Gasteiger partial charge is 0.409 e. The summed E-state index contributed by atoms with van der Waals surface area (Å²) in [5, 5.41) is 19.6. The smallest absolute Gasteiger partial charge is 0.351 e. The summed E-state index contributed by atoms with van der Waals surface area (Å²) in [6.07, 6.45) is 0.0325. The van der Waals surface area contributed by atoms with E-state index in [1.165, 1.54) is 16.8 Å². The molecule has 1 saturated heterocycles. The van der Waals surface area contributed by atoms with Crippen molar-refractivity contribution in [2.75, 3.05) is 12.3 Å². The van der Waals surface area contributed by atoms with Crippen molar-refractivity contribution in [1.82, 2.24) is 9.55 Å². The van der Waals surface area contributed by atoms with Gasteiger partial charge in [-0.1, -0.05) is 27.7 Å². The summed E-state index contributed by atoms with van der Waals surface area (Å²) in [6, 6.07) is 3.57. The lowest BCUT2D eigenvalue weighted by Crippen LogP contribution is -2.53. The van der Waals surface area contributed by atoms with E-state index in [1.807, 2.05) is 6.92 Å². The molecule has 1 aromatic heterocycles. The molecular weight excluding hydrogens is 352 g/mol. The third-order valence-corrected chi connectivity index (χ3v) is 9.95. The van der Waals surface area contributed by atoms with Crippen LogP contribution in [-0.4, -0.2) is 41.3 Å². The molecule has 0 amide bonds. The Labute approximate surface area is 154 Å². The molecule has 1 aromatic rings. The fourth-order valence-corrected chi connectivity index (χ4v) is 4.24. The van der Waals surface area contributed by atoms with Gasteiger partial charge in [-0.15, -0.1) is 0 Å². The molecule has 8 nitrogen and oxygen atoms in total. The lowest BCUT2D eigenvalue weighted by Gasteiger charge is -2.41. The number of nitrogen functional groups attached to an aromatic ring is 1. The molecule has 0 aromatic carbocycles. The van der Waals surface area contributed by atoms with Gasteiger partial charge >= 0.3 is 5.69 Å². The van der Waals surface area contributed by atoms with Gasteiger partial charge in [-0.05, 0) is 24.2 Å². The zero-order chi connectivity index (χ0) is 19.9. The topological polar surface area (TPSA) is 123 Å². The van der Waals surface area contributed by atoms with Crippen LogP contribution < -0.4 is 11.4 Å². The van der Waals surface area contributed by atoms with E-state index in [2.05, 4.69) is 44.9 Å². The number of rotatable bonds is 4. The number of hydrogen-bond acceptors (Lipinski definition) is 7. The molecule has 4 atom stereocenters. The first-order chi connectivity index (χ1) is 11.9. The summed E-state index contributed by atoms with van der Waals surface area (Å²) >= 11 is 0. The van der Waals surface area contributed by atoms with Gasteiger partial charge in [0.05, 0.1) is 12.7 Å². The summed E-state index contributed by atoms with van der Waals surface area (Å²) in [7, 11) is -2.25. The van der Waals surface area contributed by atoms with Crippen molar-refractivity contribution < 1.29 is 14.3 Å².